The Hall–Kier alpha value is -3.39. The summed E-state index contributed by atoms with van der Waals surface area (Å²) >= 11 is 0. The standard InChI is InChI=1S/C24H19NO/c1-2-8-19(9-3-1)18-26-24-13-7-5-11-21(24)15-17-22-16-14-20-10-4-6-12-23(20)25-22/h1-17H,18H2. The van der Waals surface area contributed by atoms with E-state index in [0.717, 1.165) is 33.5 Å². The second-order valence-electron chi connectivity index (χ2n) is 6.07. The average molecular weight is 337 g/mol. The zero-order valence-electron chi connectivity index (χ0n) is 14.4. The van der Waals surface area contributed by atoms with Crippen molar-refractivity contribution in [3.63, 3.8) is 0 Å². The lowest BCUT2D eigenvalue weighted by molar-refractivity contribution is 0.305. The number of benzene rings is 3. The van der Waals surface area contributed by atoms with E-state index in [0.29, 0.717) is 6.61 Å². The van der Waals surface area contributed by atoms with Gasteiger partial charge in [0.25, 0.3) is 0 Å². The Kier molecular flexibility index (Phi) is 4.74. The molecule has 3 aromatic carbocycles. The monoisotopic (exact) mass is 337 g/mol. The van der Waals surface area contributed by atoms with Crippen molar-refractivity contribution in [3.05, 3.63) is 108 Å². The van der Waals surface area contributed by atoms with Crippen LogP contribution in [-0.2, 0) is 6.61 Å². The molecular weight excluding hydrogens is 318 g/mol. The fraction of sp³-hybridized carbons (Fsp3) is 0.0417. The lowest BCUT2D eigenvalue weighted by Crippen LogP contribution is -1.96. The maximum atomic E-state index is 6.01. The van der Waals surface area contributed by atoms with Crippen LogP contribution in [0.25, 0.3) is 23.1 Å². The van der Waals surface area contributed by atoms with Crippen molar-refractivity contribution >= 4 is 23.1 Å². The van der Waals surface area contributed by atoms with Gasteiger partial charge in [0.2, 0.25) is 0 Å². The lowest BCUT2D eigenvalue weighted by atomic mass is 10.1. The zero-order chi connectivity index (χ0) is 17.6. The van der Waals surface area contributed by atoms with Crippen LogP contribution in [-0.4, -0.2) is 4.98 Å². The second kappa shape index (κ2) is 7.66. The molecule has 0 fully saturated rings. The van der Waals surface area contributed by atoms with Crippen LogP contribution in [0.5, 0.6) is 5.75 Å². The van der Waals surface area contributed by atoms with Gasteiger partial charge in [-0.05, 0) is 35.9 Å². The van der Waals surface area contributed by atoms with Crippen LogP contribution in [0.4, 0.5) is 0 Å². The summed E-state index contributed by atoms with van der Waals surface area (Å²) in [5.41, 5.74) is 4.13. The smallest absolute Gasteiger partial charge is 0.127 e. The van der Waals surface area contributed by atoms with Gasteiger partial charge in [-0.2, -0.15) is 0 Å². The quantitative estimate of drug-likeness (QED) is 0.446. The van der Waals surface area contributed by atoms with E-state index in [-0.39, 0.29) is 0 Å². The first-order valence-electron chi connectivity index (χ1n) is 8.68. The van der Waals surface area contributed by atoms with Crippen molar-refractivity contribution in [2.24, 2.45) is 0 Å². The number of nitrogens with zero attached hydrogens (tertiary/aromatic N) is 1. The maximum absolute atomic E-state index is 6.01. The van der Waals surface area contributed by atoms with Gasteiger partial charge in [-0.15, -0.1) is 0 Å². The molecule has 0 aliphatic heterocycles. The van der Waals surface area contributed by atoms with E-state index in [1.54, 1.807) is 0 Å². The van der Waals surface area contributed by atoms with Gasteiger partial charge in [-0.1, -0.05) is 72.8 Å². The Morgan fingerprint density at radius 2 is 1.46 bits per heavy atom. The number of hydrogen-bond acceptors (Lipinski definition) is 2. The molecule has 0 saturated carbocycles. The predicted octanol–water partition coefficient (Wildman–Crippen LogP) is 5.98. The molecule has 0 saturated heterocycles. The molecule has 0 radical (unpaired) electrons. The molecule has 4 aromatic rings. The van der Waals surface area contributed by atoms with Gasteiger partial charge in [0.1, 0.15) is 12.4 Å². The van der Waals surface area contributed by atoms with Crippen LogP contribution in [0.1, 0.15) is 16.8 Å². The molecule has 1 heterocycles. The molecule has 4 rings (SSSR count). The first-order chi connectivity index (χ1) is 12.9. The Bertz CT molecular complexity index is 1040. The van der Waals surface area contributed by atoms with Crippen LogP contribution in [0.15, 0.2) is 91.0 Å². The highest BCUT2D eigenvalue weighted by Crippen LogP contribution is 2.22. The topological polar surface area (TPSA) is 22.1 Å². The normalized spacial score (nSPS) is 11.1. The first kappa shape index (κ1) is 16.1. The van der Waals surface area contributed by atoms with Gasteiger partial charge in [0.15, 0.2) is 0 Å². The number of para-hydroxylation sites is 2. The van der Waals surface area contributed by atoms with Crippen molar-refractivity contribution < 1.29 is 4.74 Å². The summed E-state index contributed by atoms with van der Waals surface area (Å²) in [6.07, 6.45) is 4.08. The SMILES string of the molecule is C(=Cc1ccccc1OCc1ccccc1)c1ccc2ccccc2n1. The highest BCUT2D eigenvalue weighted by atomic mass is 16.5. The van der Waals surface area contributed by atoms with E-state index in [2.05, 4.69) is 41.4 Å². The largest absolute Gasteiger partial charge is 0.488 e. The Morgan fingerprint density at radius 3 is 2.38 bits per heavy atom. The fourth-order valence-corrected chi connectivity index (χ4v) is 2.83. The van der Waals surface area contributed by atoms with Gasteiger partial charge >= 0.3 is 0 Å². The van der Waals surface area contributed by atoms with Crippen LogP contribution >= 0.6 is 0 Å². The van der Waals surface area contributed by atoms with Crippen LogP contribution in [0.2, 0.25) is 0 Å². The van der Waals surface area contributed by atoms with E-state index < -0.39 is 0 Å². The third-order valence-corrected chi connectivity index (χ3v) is 4.21. The number of rotatable bonds is 5. The zero-order valence-corrected chi connectivity index (χ0v) is 14.4. The second-order valence-corrected chi connectivity index (χ2v) is 6.07. The minimum Gasteiger partial charge on any atom is -0.488 e. The maximum Gasteiger partial charge on any atom is 0.127 e. The number of fused-ring (bicyclic) bond motifs is 1. The van der Waals surface area contributed by atoms with Crippen LogP contribution < -0.4 is 4.74 Å². The van der Waals surface area contributed by atoms with Crippen molar-refractivity contribution in [2.45, 2.75) is 6.61 Å². The summed E-state index contributed by atoms with van der Waals surface area (Å²) in [5.74, 6) is 0.869. The van der Waals surface area contributed by atoms with Crippen LogP contribution in [0.3, 0.4) is 0 Å². The summed E-state index contributed by atoms with van der Waals surface area (Å²) in [5, 5.41) is 1.15. The molecule has 2 nitrogen and oxygen atoms in total. The van der Waals surface area contributed by atoms with Crippen molar-refractivity contribution in [3.8, 4) is 5.75 Å². The fourth-order valence-electron chi connectivity index (χ4n) is 2.83. The molecule has 126 valence electrons. The minimum absolute atomic E-state index is 0.555. The van der Waals surface area contributed by atoms with Crippen molar-refractivity contribution in [2.75, 3.05) is 0 Å². The van der Waals surface area contributed by atoms with Gasteiger partial charge in [0.05, 0.1) is 11.2 Å². The highest BCUT2D eigenvalue weighted by Gasteiger charge is 2.01. The molecule has 0 spiro atoms. The van der Waals surface area contributed by atoms with E-state index in [9.17, 15) is 0 Å². The summed E-state index contributed by atoms with van der Waals surface area (Å²) in [4.78, 5) is 4.69. The minimum atomic E-state index is 0.555. The van der Waals surface area contributed by atoms with E-state index in [1.165, 1.54) is 0 Å². The lowest BCUT2D eigenvalue weighted by Gasteiger charge is -2.09. The Morgan fingerprint density at radius 1 is 0.692 bits per heavy atom. The molecule has 0 N–H and O–H groups in total. The Balaban J connectivity index is 1.54. The molecule has 26 heavy (non-hydrogen) atoms. The molecular formula is C24H19NO. The summed E-state index contributed by atoms with van der Waals surface area (Å²) < 4.78 is 6.01. The third kappa shape index (κ3) is 3.81. The molecule has 0 amide bonds. The molecule has 0 unspecified atom stereocenters. The molecule has 2 heteroatoms. The number of aromatic nitrogens is 1. The third-order valence-electron chi connectivity index (χ3n) is 4.21. The summed E-state index contributed by atoms with van der Waals surface area (Å²) in [6.45, 7) is 0.555. The average Bonchev–Trinajstić information content (AvgIpc) is 2.72. The molecule has 1 aromatic heterocycles. The number of ether oxygens (including phenoxy) is 1. The summed E-state index contributed by atoms with van der Waals surface area (Å²) in [6, 6.07) is 30.5. The van der Waals surface area contributed by atoms with Gasteiger partial charge in [-0.25, -0.2) is 4.98 Å². The number of hydrogen-bond donors (Lipinski definition) is 0. The molecule has 0 bridgehead atoms. The van der Waals surface area contributed by atoms with Gasteiger partial charge in [0, 0.05) is 10.9 Å². The summed E-state index contributed by atoms with van der Waals surface area (Å²) in [7, 11) is 0. The molecule has 0 aliphatic carbocycles. The first-order valence-corrected chi connectivity index (χ1v) is 8.68. The van der Waals surface area contributed by atoms with E-state index in [4.69, 9.17) is 4.74 Å². The van der Waals surface area contributed by atoms with E-state index in [1.807, 2.05) is 66.7 Å². The molecule has 0 aliphatic rings. The Labute approximate surface area is 153 Å². The van der Waals surface area contributed by atoms with Crippen molar-refractivity contribution in [1.29, 1.82) is 0 Å². The van der Waals surface area contributed by atoms with Gasteiger partial charge < -0.3 is 4.74 Å². The molecule has 0 atom stereocenters. The van der Waals surface area contributed by atoms with Gasteiger partial charge in [-0.3, -0.25) is 0 Å². The predicted molar refractivity (Wildman–Crippen MR) is 108 cm³/mol. The number of pyridine rings is 1. The van der Waals surface area contributed by atoms with Crippen molar-refractivity contribution in [1.82, 2.24) is 4.98 Å². The van der Waals surface area contributed by atoms with E-state index >= 15 is 0 Å². The highest BCUT2D eigenvalue weighted by molar-refractivity contribution is 5.81. The van der Waals surface area contributed by atoms with Crippen LogP contribution in [0, 0.1) is 0 Å².